The normalized spacial score (nSPS) is 11.8. The summed E-state index contributed by atoms with van der Waals surface area (Å²) in [6.07, 6.45) is -8.33. The molecule has 3 nitrogen and oxygen atoms in total. The molecule has 0 N–H and O–H groups in total. The van der Waals surface area contributed by atoms with Crippen LogP contribution in [0.25, 0.3) is 0 Å². The Morgan fingerprint density at radius 1 is 1.42 bits per heavy atom. The van der Waals surface area contributed by atoms with Crippen molar-refractivity contribution in [2.75, 3.05) is 7.11 Å². The van der Waals surface area contributed by atoms with Crippen molar-refractivity contribution in [1.29, 1.82) is 0 Å². The monoisotopic (exact) mass is 283 g/mol. The Morgan fingerprint density at radius 3 is 2.42 bits per heavy atom. The van der Waals surface area contributed by atoms with Crippen LogP contribution in [-0.2, 0) is 22.1 Å². The van der Waals surface area contributed by atoms with Crippen molar-refractivity contribution in [2.45, 2.75) is 25.9 Å². The number of pyridine rings is 1. The minimum Gasteiger partial charge on any atom is -0.469 e. The quantitative estimate of drug-likeness (QED) is 0.632. The Labute approximate surface area is 105 Å². The van der Waals surface area contributed by atoms with Crippen LogP contribution in [0.3, 0.4) is 0 Å². The first-order valence-corrected chi connectivity index (χ1v) is 5.09. The van der Waals surface area contributed by atoms with Gasteiger partial charge in [-0.1, -0.05) is 0 Å². The van der Waals surface area contributed by atoms with Gasteiger partial charge in [0.15, 0.2) is 0 Å². The summed E-state index contributed by atoms with van der Waals surface area (Å²) >= 11 is 0. The molecular formula is C11H10F5NO2. The van der Waals surface area contributed by atoms with Gasteiger partial charge in [0.1, 0.15) is 0 Å². The molecule has 0 aliphatic heterocycles. The van der Waals surface area contributed by atoms with Gasteiger partial charge in [-0.3, -0.25) is 9.78 Å². The summed E-state index contributed by atoms with van der Waals surface area (Å²) in [5, 5.41) is 0. The summed E-state index contributed by atoms with van der Waals surface area (Å²) in [5.41, 5.74) is -3.76. The fourth-order valence-corrected chi connectivity index (χ4v) is 1.63. The van der Waals surface area contributed by atoms with Crippen molar-refractivity contribution in [1.82, 2.24) is 4.98 Å². The van der Waals surface area contributed by atoms with Crippen LogP contribution in [0.2, 0.25) is 0 Å². The topological polar surface area (TPSA) is 39.2 Å². The molecule has 1 heterocycles. The molecule has 0 aliphatic carbocycles. The average Bonchev–Trinajstić information content (AvgIpc) is 2.28. The summed E-state index contributed by atoms with van der Waals surface area (Å²) in [4.78, 5) is 14.5. The highest BCUT2D eigenvalue weighted by molar-refractivity contribution is 5.73. The van der Waals surface area contributed by atoms with Crippen LogP contribution in [0.15, 0.2) is 6.20 Å². The van der Waals surface area contributed by atoms with E-state index in [4.69, 9.17) is 0 Å². The lowest BCUT2D eigenvalue weighted by molar-refractivity contribution is -0.142. The molecule has 106 valence electrons. The van der Waals surface area contributed by atoms with Gasteiger partial charge in [0.2, 0.25) is 0 Å². The highest BCUT2D eigenvalue weighted by atomic mass is 19.4. The molecule has 1 aromatic heterocycles. The van der Waals surface area contributed by atoms with Crippen molar-refractivity contribution in [2.24, 2.45) is 0 Å². The van der Waals surface area contributed by atoms with E-state index in [9.17, 15) is 26.7 Å². The number of alkyl halides is 5. The smallest absolute Gasteiger partial charge is 0.417 e. The highest BCUT2D eigenvalue weighted by Gasteiger charge is 2.40. The molecule has 0 aromatic carbocycles. The summed E-state index contributed by atoms with van der Waals surface area (Å²) in [6.45, 7) is 1.05. The van der Waals surface area contributed by atoms with Gasteiger partial charge in [0.25, 0.3) is 6.43 Å². The van der Waals surface area contributed by atoms with Crippen LogP contribution >= 0.6 is 0 Å². The predicted octanol–water partition coefficient (Wildman–Crippen LogP) is 3.06. The standard InChI is InChI=1S/C11H10F5NO2/c1-5-8(10(12)13)9(11(14,15)16)6(4-17-5)3-7(18)19-2/h4,10H,3H2,1-2H3. The van der Waals surface area contributed by atoms with E-state index in [1.54, 1.807) is 0 Å². The lowest BCUT2D eigenvalue weighted by Gasteiger charge is -2.17. The van der Waals surface area contributed by atoms with Crippen molar-refractivity contribution in [3.05, 3.63) is 28.6 Å². The molecule has 0 atom stereocenters. The molecule has 0 aliphatic rings. The first-order chi connectivity index (χ1) is 8.68. The van der Waals surface area contributed by atoms with E-state index < -0.39 is 47.4 Å². The number of carbonyl (C=O) groups is 1. The van der Waals surface area contributed by atoms with E-state index in [2.05, 4.69) is 9.72 Å². The first-order valence-electron chi connectivity index (χ1n) is 5.09. The molecule has 1 aromatic rings. The third kappa shape index (κ3) is 3.39. The number of hydrogen-bond donors (Lipinski definition) is 0. The highest BCUT2D eigenvalue weighted by Crippen LogP contribution is 2.39. The molecule has 0 unspecified atom stereocenters. The predicted molar refractivity (Wildman–Crippen MR) is 54.7 cm³/mol. The lowest BCUT2D eigenvalue weighted by atomic mass is 9.99. The summed E-state index contributed by atoms with van der Waals surface area (Å²) in [5.74, 6) is -0.962. The molecule has 0 fully saturated rings. The molecule has 0 saturated carbocycles. The van der Waals surface area contributed by atoms with Gasteiger partial charge in [-0.05, 0) is 12.5 Å². The number of hydrogen-bond acceptors (Lipinski definition) is 3. The maximum Gasteiger partial charge on any atom is 0.417 e. The second kappa shape index (κ2) is 5.50. The van der Waals surface area contributed by atoms with E-state index in [0.29, 0.717) is 0 Å². The van der Waals surface area contributed by atoms with Gasteiger partial charge in [-0.25, -0.2) is 8.78 Å². The molecule has 0 bridgehead atoms. The van der Waals surface area contributed by atoms with Gasteiger partial charge in [-0.15, -0.1) is 0 Å². The van der Waals surface area contributed by atoms with E-state index >= 15 is 0 Å². The maximum atomic E-state index is 12.9. The number of rotatable bonds is 3. The molecule has 0 radical (unpaired) electrons. The van der Waals surface area contributed by atoms with E-state index in [0.717, 1.165) is 20.2 Å². The maximum absolute atomic E-state index is 12.9. The van der Waals surface area contributed by atoms with Gasteiger partial charge in [0.05, 0.1) is 24.7 Å². The molecular weight excluding hydrogens is 273 g/mol. The Bertz CT molecular complexity index is 485. The van der Waals surface area contributed by atoms with Crippen LogP contribution < -0.4 is 0 Å². The first kappa shape index (κ1) is 15.3. The van der Waals surface area contributed by atoms with Gasteiger partial charge in [-0.2, -0.15) is 13.2 Å². The molecule has 0 spiro atoms. The van der Waals surface area contributed by atoms with Crippen LogP contribution in [0.1, 0.15) is 28.8 Å². The molecule has 0 saturated heterocycles. The minimum atomic E-state index is -5.00. The second-order valence-electron chi connectivity index (χ2n) is 3.71. The number of esters is 1. The number of methoxy groups -OCH3 is 1. The molecule has 1 rings (SSSR count). The van der Waals surface area contributed by atoms with Crippen LogP contribution in [-0.4, -0.2) is 18.1 Å². The number of aromatic nitrogens is 1. The fourth-order valence-electron chi connectivity index (χ4n) is 1.63. The molecule has 8 heteroatoms. The lowest BCUT2D eigenvalue weighted by Crippen LogP contribution is -2.18. The van der Waals surface area contributed by atoms with Crippen molar-refractivity contribution >= 4 is 5.97 Å². The van der Waals surface area contributed by atoms with Crippen LogP contribution in [0, 0.1) is 6.92 Å². The van der Waals surface area contributed by atoms with E-state index in [1.807, 2.05) is 0 Å². The number of nitrogens with zero attached hydrogens (tertiary/aromatic N) is 1. The number of aryl methyl sites for hydroxylation is 1. The Kier molecular flexibility index (Phi) is 4.43. The Hall–Kier alpha value is -1.73. The second-order valence-corrected chi connectivity index (χ2v) is 3.71. The molecule has 19 heavy (non-hydrogen) atoms. The van der Waals surface area contributed by atoms with Crippen molar-refractivity contribution < 1.29 is 31.5 Å². The largest absolute Gasteiger partial charge is 0.469 e. The third-order valence-corrected chi connectivity index (χ3v) is 2.46. The average molecular weight is 283 g/mol. The fraction of sp³-hybridized carbons (Fsp3) is 0.455. The van der Waals surface area contributed by atoms with Gasteiger partial charge >= 0.3 is 12.1 Å². The third-order valence-electron chi connectivity index (χ3n) is 2.46. The zero-order chi connectivity index (χ0) is 14.8. The number of carbonyl (C=O) groups excluding carboxylic acids is 1. The molecule has 0 amide bonds. The Morgan fingerprint density at radius 2 is 2.00 bits per heavy atom. The SMILES string of the molecule is COC(=O)Cc1cnc(C)c(C(F)F)c1C(F)(F)F. The van der Waals surface area contributed by atoms with Crippen LogP contribution in [0.4, 0.5) is 22.0 Å². The summed E-state index contributed by atoms with van der Waals surface area (Å²) < 4.78 is 68.4. The summed E-state index contributed by atoms with van der Waals surface area (Å²) in [6, 6.07) is 0. The van der Waals surface area contributed by atoms with Gasteiger partial charge in [0, 0.05) is 11.9 Å². The van der Waals surface area contributed by atoms with E-state index in [-0.39, 0.29) is 0 Å². The van der Waals surface area contributed by atoms with Gasteiger partial charge < -0.3 is 4.74 Å². The zero-order valence-electron chi connectivity index (χ0n) is 10.0. The van der Waals surface area contributed by atoms with Crippen molar-refractivity contribution in [3.63, 3.8) is 0 Å². The van der Waals surface area contributed by atoms with Crippen molar-refractivity contribution in [3.8, 4) is 0 Å². The minimum absolute atomic E-state index is 0.420. The Balaban J connectivity index is 3.48. The van der Waals surface area contributed by atoms with E-state index in [1.165, 1.54) is 0 Å². The number of ether oxygens (including phenoxy) is 1. The van der Waals surface area contributed by atoms with Crippen LogP contribution in [0.5, 0.6) is 0 Å². The summed E-state index contributed by atoms with van der Waals surface area (Å²) in [7, 11) is 0.991. The number of halogens is 5. The zero-order valence-corrected chi connectivity index (χ0v) is 10.0.